The largest absolute Gasteiger partial charge is 0.361 e. The van der Waals surface area contributed by atoms with Crippen LogP contribution in [0, 0.1) is 6.92 Å². The number of nitrogens with one attached hydrogen (secondary N) is 1. The van der Waals surface area contributed by atoms with Crippen LogP contribution in [0.4, 0.5) is 4.79 Å². The molecule has 0 radical (unpaired) electrons. The fourth-order valence-corrected chi connectivity index (χ4v) is 2.84. The first-order valence-electron chi connectivity index (χ1n) is 8.22. The average molecular weight is 329 g/mol. The summed E-state index contributed by atoms with van der Waals surface area (Å²) in [6.45, 7) is 7.74. The molecule has 2 amide bonds. The Morgan fingerprint density at radius 3 is 2.62 bits per heavy atom. The van der Waals surface area contributed by atoms with Crippen molar-refractivity contribution in [1.29, 1.82) is 0 Å². The van der Waals surface area contributed by atoms with Crippen LogP contribution < -0.4 is 5.32 Å². The van der Waals surface area contributed by atoms with Crippen molar-refractivity contribution in [2.24, 2.45) is 0 Å². The minimum Gasteiger partial charge on any atom is -0.361 e. The third kappa shape index (κ3) is 4.11. The standard InChI is InChI=1S/C17H23N5O2/c1-13-11-16(20-24-13)12-21-7-9-22(10-8-21)17(23)19-14(2)15-3-5-18-6-4-15/h3-6,11,14H,7-10,12H2,1-2H3,(H,19,23)/t14-/m1/s1. The van der Waals surface area contributed by atoms with E-state index < -0.39 is 0 Å². The van der Waals surface area contributed by atoms with Crippen LogP contribution >= 0.6 is 0 Å². The van der Waals surface area contributed by atoms with Gasteiger partial charge in [-0.15, -0.1) is 0 Å². The van der Waals surface area contributed by atoms with Crippen LogP contribution in [0.1, 0.15) is 30.0 Å². The number of carbonyl (C=O) groups excluding carboxylic acids is 1. The number of hydrogen-bond donors (Lipinski definition) is 1. The first-order chi connectivity index (χ1) is 11.6. The van der Waals surface area contributed by atoms with Gasteiger partial charge >= 0.3 is 6.03 Å². The van der Waals surface area contributed by atoms with Gasteiger partial charge in [0.15, 0.2) is 0 Å². The fraction of sp³-hybridized carbons (Fsp3) is 0.471. The van der Waals surface area contributed by atoms with Crippen LogP contribution in [-0.2, 0) is 6.54 Å². The Balaban J connectivity index is 1.46. The van der Waals surface area contributed by atoms with Crippen LogP contribution in [0.2, 0.25) is 0 Å². The first-order valence-corrected chi connectivity index (χ1v) is 8.22. The number of urea groups is 1. The summed E-state index contributed by atoms with van der Waals surface area (Å²) >= 11 is 0. The van der Waals surface area contributed by atoms with Crippen LogP contribution in [0.5, 0.6) is 0 Å². The number of pyridine rings is 1. The van der Waals surface area contributed by atoms with E-state index in [1.807, 2.05) is 36.9 Å². The molecule has 1 fully saturated rings. The number of piperazine rings is 1. The van der Waals surface area contributed by atoms with Crippen molar-refractivity contribution in [3.63, 3.8) is 0 Å². The highest BCUT2D eigenvalue weighted by Crippen LogP contribution is 2.13. The van der Waals surface area contributed by atoms with Crippen LogP contribution in [0.25, 0.3) is 0 Å². The van der Waals surface area contributed by atoms with E-state index in [9.17, 15) is 4.79 Å². The van der Waals surface area contributed by atoms with Crippen molar-refractivity contribution in [2.75, 3.05) is 26.2 Å². The van der Waals surface area contributed by atoms with Gasteiger partial charge in [0.2, 0.25) is 0 Å². The highest BCUT2D eigenvalue weighted by molar-refractivity contribution is 5.74. The molecular weight excluding hydrogens is 306 g/mol. The van der Waals surface area contributed by atoms with E-state index in [1.165, 1.54) is 0 Å². The summed E-state index contributed by atoms with van der Waals surface area (Å²) in [5.41, 5.74) is 2.00. The van der Waals surface area contributed by atoms with Crippen molar-refractivity contribution in [1.82, 2.24) is 25.3 Å². The molecule has 0 bridgehead atoms. The molecule has 2 aromatic heterocycles. The summed E-state index contributed by atoms with van der Waals surface area (Å²) in [6.07, 6.45) is 3.48. The normalized spacial score (nSPS) is 16.8. The van der Waals surface area contributed by atoms with Crippen LogP contribution in [-0.4, -0.2) is 52.2 Å². The molecule has 0 spiro atoms. The van der Waals surface area contributed by atoms with Crippen LogP contribution in [0.3, 0.4) is 0 Å². The van der Waals surface area contributed by atoms with Crippen molar-refractivity contribution >= 4 is 6.03 Å². The smallest absolute Gasteiger partial charge is 0.317 e. The Morgan fingerprint density at radius 2 is 2.00 bits per heavy atom. The van der Waals surface area contributed by atoms with E-state index in [0.29, 0.717) is 13.1 Å². The zero-order valence-electron chi connectivity index (χ0n) is 14.1. The summed E-state index contributed by atoms with van der Waals surface area (Å²) in [7, 11) is 0. The molecule has 24 heavy (non-hydrogen) atoms. The molecule has 0 aromatic carbocycles. The summed E-state index contributed by atoms with van der Waals surface area (Å²) in [4.78, 5) is 20.6. The van der Waals surface area contributed by atoms with E-state index in [0.717, 1.165) is 36.7 Å². The van der Waals surface area contributed by atoms with Gasteiger partial charge < -0.3 is 14.7 Å². The highest BCUT2D eigenvalue weighted by Gasteiger charge is 2.22. The van der Waals surface area contributed by atoms with E-state index in [2.05, 4.69) is 20.4 Å². The van der Waals surface area contributed by atoms with E-state index in [4.69, 9.17) is 4.52 Å². The second kappa shape index (κ2) is 7.44. The van der Waals surface area contributed by atoms with Gasteiger partial charge in [-0.3, -0.25) is 9.88 Å². The van der Waals surface area contributed by atoms with Gasteiger partial charge in [-0.05, 0) is 31.5 Å². The lowest BCUT2D eigenvalue weighted by atomic mass is 10.1. The van der Waals surface area contributed by atoms with Crippen molar-refractivity contribution in [2.45, 2.75) is 26.4 Å². The van der Waals surface area contributed by atoms with E-state index in [-0.39, 0.29) is 12.1 Å². The zero-order chi connectivity index (χ0) is 16.9. The summed E-state index contributed by atoms with van der Waals surface area (Å²) < 4.78 is 5.10. The maximum atomic E-state index is 12.4. The fourth-order valence-electron chi connectivity index (χ4n) is 2.84. The molecule has 3 rings (SSSR count). The second-order valence-corrected chi connectivity index (χ2v) is 6.14. The highest BCUT2D eigenvalue weighted by atomic mass is 16.5. The molecule has 0 unspecified atom stereocenters. The maximum Gasteiger partial charge on any atom is 0.317 e. The van der Waals surface area contributed by atoms with Gasteiger partial charge in [0, 0.05) is 51.2 Å². The quantitative estimate of drug-likeness (QED) is 0.928. The number of hydrogen-bond acceptors (Lipinski definition) is 5. The van der Waals surface area contributed by atoms with Gasteiger partial charge in [-0.1, -0.05) is 5.16 Å². The molecule has 1 atom stereocenters. The minimum atomic E-state index is -0.0309. The molecule has 7 heteroatoms. The number of rotatable bonds is 4. The lowest BCUT2D eigenvalue weighted by molar-refractivity contribution is 0.132. The van der Waals surface area contributed by atoms with E-state index in [1.54, 1.807) is 12.4 Å². The molecule has 0 aliphatic carbocycles. The number of amides is 2. The Morgan fingerprint density at radius 1 is 1.29 bits per heavy atom. The third-order valence-electron chi connectivity index (χ3n) is 4.27. The van der Waals surface area contributed by atoms with Crippen LogP contribution in [0.15, 0.2) is 35.1 Å². The maximum absolute atomic E-state index is 12.4. The zero-order valence-corrected chi connectivity index (χ0v) is 14.1. The Labute approximate surface area is 141 Å². The summed E-state index contributed by atoms with van der Waals surface area (Å²) in [6, 6.07) is 5.74. The molecule has 0 saturated carbocycles. The summed E-state index contributed by atoms with van der Waals surface area (Å²) in [5.74, 6) is 0.827. The molecule has 128 valence electrons. The SMILES string of the molecule is Cc1cc(CN2CCN(C(=O)N[C@H](C)c3ccncc3)CC2)no1. The molecule has 3 heterocycles. The summed E-state index contributed by atoms with van der Waals surface area (Å²) in [5, 5.41) is 7.07. The topological polar surface area (TPSA) is 74.5 Å². The first kappa shape index (κ1) is 16.4. The van der Waals surface area contributed by atoms with Crippen molar-refractivity contribution < 1.29 is 9.32 Å². The van der Waals surface area contributed by atoms with Gasteiger partial charge in [-0.25, -0.2) is 4.79 Å². The van der Waals surface area contributed by atoms with Gasteiger partial charge in [0.05, 0.1) is 11.7 Å². The van der Waals surface area contributed by atoms with Crippen molar-refractivity contribution in [3.8, 4) is 0 Å². The van der Waals surface area contributed by atoms with Gasteiger partial charge in [0.1, 0.15) is 5.76 Å². The molecule has 1 aliphatic heterocycles. The lowest BCUT2D eigenvalue weighted by Gasteiger charge is -2.34. The Kier molecular flexibility index (Phi) is 5.10. The Bertz CT molecular complexity index is 665. The lowest BCUT2D eigenvalue weighted by Crippen LogP contribution is -2.51. The van der Waals surface area contributed by atoms with Gasteiger partial charge in [-0.2, -0.15) is 0 Å². The molecule has 1 aliphatic rings. The molecule has 1 saturated heterocycles. The second-order valence-electron chi connectivity index (χ2n) is 6.14. The Hall–Kier alpha value is -2.41. The average Bonchev–Trinajstić information content (AvgIpc) is 3.01. The molecule has 7 nitrogen and oxygen atoms in total. The minimum absolute atomic E-state index is 0.0174. The third-order valence-corrected chi connectivity index (χ3v) is 4.27. The number of carbonyl (C=O) groups is 1. The predicted octanol–water partition coefficient (Wildman–Crippen LogP) is 1.97. The van der Waals surface area contributed by atoms with Gasteiger partial charge in [0.25, 0.3) is 0 Å². The predicted molar refractivity (Wildman–Crippen MR) is 89.3 cm³/mol. The molecular formula is C17H23N5O2. The number of nitrogens with zero attached hydrogens (tertiary/aromatic N) is 4. The molecule has 2 aromatic rings. The van der Waals surface area contributed by atoms with E-state index >= 15 is 0 Å². The number of aryl methyl sites for hydroxylation is 1. The van der Waals surface area contributed by atoms with Crippen molar-refractivity contribution in [3.05, 3.63) is 47.6 Å². The molecule has 1 N–H and O–H groups in total. The monoisotopic (exact) mass is 329 g/mol. The number of aromatic nitrogens is 2.